The van der Waals surface area contributed by atoms with Gasteiger partial charge in [0.15, 0.2) is 0 Å². The predicted octanol–water partition coefficient (Wildman–Crippen LogP) is 1.25. The Kier molecular flexibility index (Phi) is 4.62. The highest BCUT2D eigenvalue weighted by Crippen LogP contribution is 2.42. The Morgan fingerprint density at radius 2 is 2.04 bits per heavy atom. The summed E-state index contributed by atoms with van der Waals surface area (Å²) in [5.74, 6) is -0.476. The third kappa shape index (κ3) is 3.49. The number of imide groups is 1. The standard InChI is InChI=1S/C20H23N5O3/c1-20(15-7-8-15)18(27)24(19(28)23-20)13-17(26)21-10-9-14-11-22-25(12-14)16-5-3-2-4-6-16/h2-6,11-12,15H,7-10,13H2,1H3,(H,21,26)(H,23,28). The number of amides is 4. The second-order valence-corrected chi connectivity index (χ2v) is 7.53. The first-order valence-corrected chi connectivity index (χ1v) is 9.47. The fraction of sp³-hybridized carbons (Fsp3) is 0.400. The molecule has 1 aromatic carbocycles. The fourth-order valence-corrected chi connectivity index (χ4v) is 3.55. The monoisotopic (exact) mass is 381 g/mol. The summed E-state index contributed by atoms with van der Waals surface area (Å²) in [6.07, 6.45) is 6.15. The van der Waals surface area contributed by atoms with Crippen LogP contribution in [0.25, 0.3) is 5.69 Å². The van der Waals surface area contributed by atoms with Crippen LogP contribution in [0.15, 0.2) is 42.7 Å². The van der Waals surface area contributed by atoms with Gasteiger partial charge in [-0.2, -0.15) is 5.10 Å². The van der Waals surface area contributed by atoms with Gasteiger partial charge in [0.1, 0.15) is 12.1 Å². The van der Waals surface area contributed by atoms with Gasteiger partial charge in [0.2, 0.25) is 5.91 Å². The van der Waals surface area contributed by atoms with Crippen LogP contribution < -0.4 is 10.6 Å². The number of aromatic nitrogens is 2. The molecule has 1 aromatic heterocycles. The van der Waals surface area contributed by atoms with E-state index in [0.717, 1.165) is 29.0 Å². The summed E-state index contributed by atoms with van der Waals surface area (Å²) in [4.78, 5) is 37.9. The summed E-state index contributed by atoms with van der Waals surface area (Å²) >= 11 is 0. The van der Waals surface area contributed by atoms with Crippen LogP contribution in [-0.4, -0.2) is 51.2 Å². The van der Waals surface area contributed by atoms with Gasteiger partial charge in [-0.1, -0.05) is 18.2 Å². The molecule has 1 atom stereocenters. The number of nitrogens with one attached hydrogen (secondary N) is 2. The maximum absolute atomic E-state index is 12.5. The summed E-state index contributed by atoms with van der Waals surface area (Å²) in [5.41, 5.74) is 1.10. The molecule has 4 rings (SSSR count). The van der Waals surface area contributed by atoms with E-state index in [4.69, 9.17) is 0 Å². The number of benzene rings is 1. The first kappa shape index (κ1) is 18.2. The molecule has 1 aliphatic heterocycles. The van der Waals surface area contributed by atoms with E-state index in [2.05, 4.69) is 15.7 Å². The van der Waals surface area contributed by atoms with Gasteiger partial charge in [-0.25, -0.2) is 9.48 Å². The first-order chi connectivity index (χ1) is 13.5. The molecule has 4 amide bonds. The van der Waals surface area contributed by atoms with Gasteiger partial charge in [0.05, 0.1) is 11.9 Å². The van der Waals surface area contributed by atoms with Gasteiger partial charge < -0.3 is 10.6 Å². The maximum Gasteiger partial charge on any atom is 0.325 e. The van der Waals surface area contributed by atoms with Crippen LogP contribution in [0.1, 0.15) is 25.3 Å². The van der Waals surface area contributed by atoms with E-state index in [9.17, 15) is 14.4 Å². The second kappa shape index (κ2) is 7.10. The largest absolute Gasteiger partial charge is 0.354 e. The van der Waals surface area contributed by atoms with E-state index >= 15 is 0 Å². The molecule has 0 bridgehead atoms. The highest BCUT2D eigenvalue weighted by atomic mass is 16.2. The molecule has 2 N–H and O–H groups in total. The molecule has 2 fully saturated rings. The molecule has 28 heavy (non-hydrogen) atoms. The lowest BCUT2D eigenvalue weighted by Gasteiger charge is -2.20. The number of nitrogens with zero attached hydrogens (tertiary/aromatic N) is 3. The van der Waals surface area contributed by atoms with E-state index in [-0.39, 0.29) is 24.3 Å². The Hall–Kier alpha value is -3.16. The van der Waals surface area contributed by atoms with Gasteiger partial charge in [0.25, 0.3) is 5.91 Å². The molecule has 2 aromatic rings. The van der Waals surface area contributed by atoms with Crippen LogP contribution >= 0.6 is 0 Å². The van der Waals surface area contributed by atoms with Gasteiger partial charge in [-0.05, 0) is 49.8 Å². The van der Waals surface area contributed by atoms with Crippen molar-refractivity contribution < 1.29 is 14.4 Å². The Morgan fingerprint density at radius 1 is 1.29 bits per heavy atom. The molecule has 2 aliphatic rings. The van der Waals surface area contributed by atoms with Crippen molar-refractivity contribution in [2.24, 2.45) is 5.92 Å². The minimum atomic E-state index is -0.858. The average molecular weight is 381 g/mol. The topological polar surface area (TPSA) is 96.3 Å². The number of hydrogen-bond acceptors (Lipinski definition) is 4. The molecule has 8 heteroatoms. The lowest BCUT2D eigenvalue weighted by molar-refractivity contribution is -0.135. The SMILES string of the molecule is CC1(C2CC2)NC(=O)N(CC(=O)NCCc2cnn(-c3ccccc3)c2)C1=O. The second-order valence-electron chi connectivity index (χ2n) is 7.53. The van der Waals surface area contributed by atoms with Gasteiger partial charge >= 0.3 is 6.03 Å². The maximum atomic E-state index is 12.5. The highest BCUT2D eigenvalue weighted by molar-refractivity contribution is 6.09. The van der Waals surface area contributed by atoms with Crippen LogP contribution in [-0.2, 0) is 16.0 Å². The predicted molar refractivity (Wildman–Crippen MR) is 102 cm³/mol. The smallest absolute Gasteiger partial charge is 0.325 e. The van der Waals surface area contributed by atoms with E-state index in [1.165, 1.54) is 0 Å². The fourth-order valence-electron chi connectivity index (χ4n) is 3.55. The summed E-state index contributed by atoms with van der Waals surface area (Å²) < 4.78 is 1.78. The number of rotatable bonds is 7. The summed E-state index contributed by atoms with van der Waals surface area (Å²) in [6, 6.07) is 9.28. The normalized spacial score (nSPS) is 21.7. The number of para-hydroxylation sites is 1. The lowest BCUT2D eigenvalue weighted by Crippen LogP contribution is -2.47. The van der Waals surface area contributed by atoms with E-state index < -0.39 is 11.6 Å². The van der Waals surface area contributed by atoms with Crippen molar-refractivity contribution in [1.29, 1.82) is 0 Å². The summed E-state index contributed by atoms with van der Waals surface area (Å²) in [7, 11) is 0. The van der Waals surface area contributed by atoms with Crippen LogP contribution in [0, 0.1) is 5.92 Å². The van der Waals surface area contributed by atoms with Crippen molar-refractivity contribution in [3.05, 3.63) is 48.3 Å². The number of carbonyl (C=O) groups excluding carboxylic acids is 3. The Balaban J connectivity index is 1.27. The Morgan fingerprint density at radius 3 is 2.75 bits per heavy atom. The molecule has 0 spiro atoms. The zero-order valence-electron chi connectivity index (χ0n) is 15.7. The van der Waals surface area contributed by atoms with Crippen molar-refractivity contribution in [1.82, 2.24) is 25.3 Å². The van der Waals surface area contributed by atoms with E-state index in [1.54, 1.807) is 17.8 Å². The Labute approximate surface area is 162 Å². The molecule has 1 aliphatic carbocycles. The quantitative estimate of drug-likeness (QED) is 0.706. The number of hydrogen-bond donors (Lipinski definition) is 2. The summed E-state index contributed by atoms with van der Waals surface area (Å²) in [5, 5.41) is 9.84. The summed E-state index contributed by atoms with van der Waals surface area (Å²) in [6.45, 7) is 1.90. The Bertz CT molecular complexity index is 906. The van der Waals surface area contributed by atoms with Gasteiger partial charge in [-0.15, -0.1) is 0 Å². The number of carbonyl (C=O) groups is 3. The first-order valence-electron chi connectivity index (χ1n) is 9.47. The zero-order valence-corrected chi connectivity index (χ0v) is 15.7. The molecular weight excluding hydrogens is 358 g/mol. The molecule has 2 heterocycles. The number of urea groups is 1. The van der Waals surface area contributed by atoms with Crippen molar-refractivity contribution in [3.63, 3.8) is 0 Å². The molecule has 1 saturated carbocycles. The molecule has 146 valence electrons. The third-order valence-electron chi connectivity index (χ3n) is 5.39. The van der Waals surface area contributed by atoms with Gasteiger partial charge in [0, 0.05) is 12.7 Å². The molecule has 0 radical (unpaired) electrons. The van der Waals surface area contributed by atoms with Crippen molar-refractivity contribution in [2.45, 2.75) is 31.7 Å². The molecule has 1 saturated heterocycles. The van der Waals surface area contributed by atoms with Crippen LogP contribution in [0.2, 0.25) is 0 Å². The van der Waals surface area contributed by atoms with Crippen LogP contribution in [0.3, 0.4) is 0 Å². The van der Waals surface area contributed by atoms with Gasteiger partial charge in [-0.3, -0.25) is 14.5 Å². The molecule has 1 unspecified atom stereocenters. The molecule has 8 nitrogen and oxygen atoms in total. The zero-order chi connectivity index (χ0) is 19.7. The minimum absolute atomic E-state index is 0.179. The van der Waals surface area contributed by atoms with Crippen LogP contribution in [0.5, 0.6) is 0 Å². The van der Waals surface area contributed by atoms with E-state index in [1.807, 2.05) is 36.5 Å². The highest BCUT2D eigenvalue weighted by Gasteiger charge is 2.56. The minimum Gasteiger partial charge on any atom is -0.354 e. The van der Waals surface area contributed by atoms with E-state index in [0.29, 0.717) is 13.0 Å². The third-order valence-corrected chi connectivity index (χ3v) is 5.39. The van der Waals surface area contributed by atoms with Crippen molar-refractivity contribution >= 4 is 17.8 Å². The lowest BCUT2D eigenvalue weighted by atomic mass is 9.96. The molecular formula is C20H23N5O3. The van der Waals surface area contributed by atoms with Crippen molar-refractivity contribution in [3.8, 4) is 5.69 Å². The average Bonchev–Trinajstić information content (AvgIpc) is 3.41. The van der Waals surface area contributed by atoms with Crippen molar-refractivity contribution in [2.75, 3.05) is 13.1 Å². The van der Waals surface area contributed by atoms with Crippen LogP contribution in [0.4, 0.5) is 4.79 Å².